The van der Waals surface area contributed by atoms with Gasteiger partial charge in [0.25, 0.3) is 0 Å². The van der Waals surface area contributed by atoms with Gasteiger partial charge in [-0.2, -0.15) is 0 Å². The Bertz CT molecular complexity index is 2620. The minimum Gasteiger partial charge on any atom is -0.463 e. The molecular weight excluding hydrogens is 1480 g/mol. The van der Waals surface area contributed by atoms with Crippen molar-refractivity contribution in [1.82, 2.24) is 0 Å². The van der Waals surface area contributed by atoms with Crippen molar-refractivity contribution in [3.05, 3.63) is 134 Å². The van der Waals surface area contributed by atoms with E-state index in [-0.39, 0.29) is 19.3 Å². The number of rotatable bonds is 88. The SMILES string of the molecule is CC/C=C\C/C=C\C/C=C\C/C=C\C/C=C\C/C=C\CCCCCCCCCCCCCCCCCCC(=O)OCC(O)COP(=O)(O)OCC(O)COP(=O)(O)OCC(COC(=O)CCCCCCCCCCCCCCCCC/C=C\C/C=C\C/C=C\C/C=C\C/C=C\CC)OC(=O)CCCCCCCCCCCCCCC. The lowest BCUT2D eigenvalue weighted by Gasteiger charge is -2.21. The second-order valence-electron chi connectivity index (χ2n) is 31.1. The quantitative estimate of drug-likeness (QED) is 0.0146. The van der Waals surface area contributed by atoms with Crippen LogP contribution in [0.4, 0.5) is 0 Å². The number of aliphatic hydroxyl groups excluding tert-OH is 2. The Morgan fingerprint density at radius 3 is 0.730 bits per heavy atom. The van der Waals surface area contributed by atoms with Gasteiger partial charge in [-0.05, 0) is 116 Å². The van der Waals surface area contributed by atoms with Gasteiger partial charge in [0.05, 0.1) is 26.4 Å². The molecule has 0 radical (unpaired) electrons. The third-order valence-electron chi connectivity index (χ3n) is 19.9. The Morgan fingerprint density at radius 2 is 0.461 bits per heavy atom. The molecule has 0 aromatic carbocycles. The van der Waals surface area contributed by atoms with Crippen LogP contribution < -0.4 is 0 Å². The summed E-state index contributed by atoms with van der Waals surface area (Å²) in [4.78, 5) is 58.9. The van der Waals surface area contributed by atoms with Gasteiger partial charge in [0.2, 0.25) is 0 Å². The maximum absolute atomic E-state index is 13.0. The van der Waals surface area contributed by atoms with Gasteiger partial charge >= 0.3 is 33.6 Å². The first-order valence-electron chi connectivity index (χ1n) is 46.5. The van der Waals surface area contributed by atoms with Crippen LogP contribution in [0.25, 0.3) is 0 Å². The highest BCUT2D eigenvalue weighted by atomic mass is 31.2. The third-order valence-corrected chi connectivity index (χ3v) is 21.8. The van der Waals surface area contributed by atoms with Gasteiger partial charge in [-0.15, -0.1) is 0 Å². The summed E-state index contributed by atoms with van der Waals surface area (Å²) in [7, 11) is -9.79. The van der Waals surface area contributed by atoms with Gasteiger partial charge in [-0.1, -0.05) is 405 Å². The summed E-state index contributed by atoms with van der Waals surface area (Å²) in [5.41, 5.74) is 0. The highest BCUT2D eigenvalue weighted by Gasteiger charge is 2.29. The van der Waals surface area contributed by atoms with E-state index >= 15 is 0 Å². The molecule has 0 aliphatic heterocycles. The van der Waals surface area contributed by atoms with Crippen molar-refractivity contribution in [1.29, 1.82) is 0 Å². The van der Waals surface area contributed by atoms with Crippen LogP contribution in [0.5, 0.6) is 0 Å². The fourth-order valence-corrected chi connectivity index (χ4v) is 14.5. The first-order chi connectivity index (χ1) is 56.2. The molecule has 0 aliphatic carbocycles. The van der Waals surface area contributed by atoms with E-state index in [2.05, 4.69) is 154 Å². The van der Waals surface area contributed by atoms with Crippen molar-refractivity contribution in [2.24, 2.45) is 0 Å². The Labute approximate surface area is 703 Å². The lowest BCUT2D eigenvalue weighted by molar-refractivity contribution is -0.161. The predicted molar refractivity (Wildman–Crippen MR) is 482 cm³/mol. The van der Waals surface area contributed by atoms with E-state index in [0.717, 1.165) is 135 Å². The predicted octanol–water partition coefficient (Wildman–Crippen LogP) is 28.6. The highest BCUT2D eigenvalue weighted by Crippen LogP contribution is 2.45. The zero-order valence-electron chi connectivity index (χ0n) is 73.2. The number of carbonyl (C=O) groups excluding carboxylic acids is 3. The second-order valence-corrected chi connectivity index (χ2v) is 34.0. The van der Waals surface area contributed by atoms with E-state index < -0.39 is 91.5 Å². The van der Waals surface area contributed by atoms with Crippen molar-refractivity contribution >= 4 is 33.6 Å². The largest absolute Gasteiger partial charge is 0.472 e. The molecule has 5 atom stereocenters. The number of carbonyl (C=O) groups is 3. The molecule has 0 bridgehead atoms. The van der Waals surface area contributed by atoms with E-state index in [9.17, 15) is 43.5 Å². The first-order valence-corrected chi connectivity index (χ1v) is 49.5. The van der Waals surface area contributed by atoms with Crippen LogP contribution in [0.2, 0.25) is 0 Å². The number of phosphoric acid groups is 2. The highest BCUT2D eigenvalue weighted by molar-refractivity contribution is 7.47. The van der Waals surface area contributed by atoms with Crippen LogP contribution in [0.1, 0.15) is 406 Å². The van der Waals surface area contributed by atoms with Gasteiger partial charge < -0.3 is 34.2 Å². The molecule has 0 amide bonds. The molecule has 115 heavy (non-hydrogen) atoms. The number of hydrogen-bond acceptors (Lipinski definition) is 14. The molecule has 0 aromatic rings. The normalized spacial score (nSPS) is 14.4. The van der Waals surface area contributed by atoms with Crippen molar-refractivity contribution in [2.75, 3.05) is 39.6 Å². The lowest BCUT2D eigenvalue weighted by atomic mass is 10.0. The number of hydrogen-bond donors (Lipinski definition) is 4. The Balaban J connectivity index is 4.37. The van der Waals surface area contributed by atoms with E-state index in [0.29, 0.717) is 19.3 Å². The number of ether oxygens (including phenoxy) is 3. The molecule has 0 heterocycles. The Morgan fingerprint density at radius 1 is 0.252 bits per heavy atom. The number of allylic oxidation sites excluding steroid dienone is 22. The molecule has 0 aliphatic rings. The van der Waals surface area contributed by atoms with Crippen molar-refractivity contribution < 1.29 is 75.8 Å². The Hall–Kier alpha value is -4.31. The monoisotopic (exact) mass is 1650 g/mol. The summed E-state index contributed by atoms with van der Waals surface area (Å²) in [6, 6.07) is 0. The second kappa shape index (κ2) is 89.0. The van der Waals surface area contributed by atoms with Gasteiger partial charge in [0.15, 0.2) is 6.10 Å². The van der Waals surface area contributed by atoms with Crippen LogP contribution in [-0.2, 0) is 55.8 Å². The maximum atomic E-state index is 13.0. The molecule has 18 heteroatoms. The number of esters is 3. The standard InChI is InChI=1S/C97H170O16P2/c1-4-7-10-13-16-19-22-25-27-29-31-33-35-37-39-41-43-44-45-46-48-50-51-53-55-57-59-61-63-66-68-71-74-77-80-83-95(100)107-86-92(98)87-109-114(103,104)110-88-93(99)89-111-115(105,106)112-91-94(113-97(102)85-82-79-76-73-70-65-24-21-18-15-12-9-6-3)90-108-96(101)84-81-78-75-72-69-67-64-62-60-58-56-54-52-49-47-42-40-38-36-34-32-30-28-26-23-20-17-14-11-8-5-2/h7-8,10-11,16-17,19-20,25-28,31-34,37-40,43-44,92-94,98-99H,4-6,9,12-15,18,21-24,29-30,35-36,41-42,45-91H2,1-3H3,(H,103,104)(H,105,106)/b10-7-,11-8-,19-16-,20-17-,27-25-,28-26-,33-31-,34-32-,39-37-,40-38-,44-43-. The van der Waals surface area contributed by atoms with E-state index in [4.69, 9.17) is 32.3 Å². The zero-order chi connectivity index (χ0) is 83.6. The molecule has 0 saturated heterocycles. The summed E-state index contributed by atoms with van der Waals surface area (Å²) >= 11 is 0. The van der Waals surface area contributed by atoms with Crippen LogP contribution in [0, 0.1) is 0 Å². The average Bonchev–Trinajstić information content (AvgIpc) is 0.905. The minimum atomic E-state index is -4.93. The van der Waals surface area contributed by atoms with Gasteiger partial charge in [-0.3, -0.25) is 32.5 Å². The molecule has 0 saturated carbocycles. The molecule has 0 fully saturated rings. The molecule has 0 aromatic heterocycles. The molecule has 664 valence electrons. The first kappa shape index (κ1) is 111. The van der Waals surface area contributed by atoms with Gasteiger partial charge in [0, 0.05) is 19.3 Å². The fourth-order valence-electron chi connectivity index (χ4n) is 12.9. The summed E-state index contributed by atoms with van der Waals surface area (Å²) < 4.78 is 61.4. The number of aliphatic hydroxyl groups is 2. The number of unbranched alkanes of at least 4 members (excludes halogenated alkanes) is 43. The van der Waals surface area contributed by atoms with Crippen LogP contribution in [-0.4, -0.2) is 95.9 Å². The van der Waals surface area contributed by atoms with Crippen LogP contribution in [0.15, 0.2) is 134 Å². The zero-order valence-corrected chi connectivity index (χ0v) is 75.0. The summed E-state index contributed by atoms with van der Waals surface area (Å²) in [6.45, 7) is 2.52. The topological polar surface area (TPSA) is 231 Å². The third kappa shape index (κ3) is 90.3. The lowest BCUT2D eigenvalue weighted by Crippen LogP contribution is -2.30. The van der Waals surface area contributed by atoms with E-state index in [1.165, 1.54) is 212 Å². The molecule has 0 spiro atoms. The molecule has 16 nitrogen and oxygen atoms in total. The number of phosphoric ester groups is 2. The Kier molecular flexibility index (Phi) is 85.6. The molecular formula is C97H170O16P2. The fraction of sp³-hybridized carbons (Fsp3) is 0.742. The van der Waals surface area contributed by atoms with E-state index in [1.54, 1.807) is 0 Å². The summed E-state index contributed by atoms with van der Waals surface area (Å²) in [6.07, 6.45) is 111. The van der Waals surface area contributed by atoms with Gasteiger partial charge in [-0.25, -0.2) is 9.13 Å². The molecule has 0 rings (SSSR count). The minimum absolute atomic E-state index is 0.109. The average molecular weight is 1650 g/mol. The van der Waals surface area contributed by atoms with Crippen LogP contribution in [0.3, 0.4) is 0 Å². The maximum Gasteiger partial charge on any atom is 0.472 e. The van der Waals surface area contributed by atoms with Crippen molar-refractivity contribution in [3.63, 3.8) is 0 Å². The van der Waals surface area contributed by atoms with E-state index in [1.807, 2.05) is 0 Å². The molecule has 4 N–H and O–H groups in total. The summed E-state index contributed by atoms with van der Waals surface area (Å²) in [5.74, 6) is -1.55. The van der Waals surface area contributed by atoms with Crippen LogP contribution >= 0.6 is 15.6 Å². The van der Waals surface area contributed by atoms with Gasteiger partial charge in [0.1, 0.15) is 25.4 Å². The van der Waals surface area contributed by atoms with Crippen molar-refractivity contribution in [3.8, 4) is 0 Å². The smallest absolute Gasteiger partial charge is 0.463 e. The molecule has 5 unspecified atom stereocenters. The summed E-state index contributed by atoms with van der Waals surface area (Å²) in [5, 5.41) is 20.7. The van der Waals surface area contributed by atoms with Crippen molar-refractivity contribution in [2.45, 2.75) is 424 Å².